The fourth-order valence-corrected chi connectivity index (χ4v) is 3.87. The number of hydrogen-bond acceptors (Lipinski definition) is 2. The van der Waals surface area contributed by atoms with Crippen molar-refractivity contribution < 1.29 is 4.79 Å². The van der Waals surface area contributed by atoms with Crippen LogP contribution in [-0.2, 0) is 6.54 Å². The molecule has 2 aromatic rings. The quantitative estimate of drug-likeness (QED) is 0.810. The minimum Gasteiger partial charge on any atom is -0.318 e. The highest BCUT2D eigenvalue weighted by Gasteiger charge is 2.36. The number of fused-ring (bicyclic) bond motifs is 1. The van der Waals surface area contributed by atoms with Crippen molar-refractivity contribution in [3.8, 4) is 0 Å². The fourth-order valence-electron chi connectivity index (χ4n) is 2.68. The molecule has 2 aromatic carbocycles. The van der Waals surface area contributed by atoms with Gasteiger partial charge in [-0.15, -0.1) is 11.8 Å². The number of benzene rings is 2. The zero-order valence-electron chi connectivity index (χ0n) is 12.2. The van der Waals surface area contributed by atoms with Gasteiger partial charge in [0.15, 0.2) is 0 Å². The Hall–Kier alpha value is -1.74. The first-order chi connectivity index (χ1) is 10.3. The molecule has 0 aromatic heterocycles. The lowest BCUT2D eigenvalue weighted by Crippen LogP contribution is -2.26. The molecule has 0 radical (unpaired) electrons. The predicted molar refractivity (Wildman–Crippen MR) is 88.2 cm³/mol. The van der Waals surface area contributed by atoms with E-state index < -0.39 is 0 Å². The summed E-state index contributed by atoms with van der Waals surface area (Å²) in [5, 5.41) is 0.147. The first kappa shape index (κ1) is 14.2. The third-order valence-corrected chi connectivity index (χ3v) is 5.14. The van der Waals surface area contributed by atoms with E-state index in [1.165, 1.54) is 5.56 Å². The summed E-state index contributed by atoms with van der Waals surface area (Å²) in [4.78, 5) is 14.7. The van der Waals surface area contributed by atoms with E-state index in [1.807, 2.05) is 53.1 Å². The van der Waals surface area contributed by atoms with Crippen LogP contribution in [0.25, 0.3) is 0 Å². The Morgan fingerprint density at radius 1 is 1.05 bits per heavy atom. The number of carbonyl (C=O) groups excluding carboxylic acids is 1. The average molecular weight is 297 g/mol. The number of hydrogen-bond donors (Lipinski definition) is 0. The van der Waals surface area contributed by atoms with Crippen LogP contribution in [0.5, 0.6) is 0 Å². The van der Waals surface area contributed by atoms with Crippen molar-refractivity contribution in [3.05, 3.63) is 71.3 Å². The second-order valence-electron chi connectivity index (χ2n) is 5.23. The predicted octanol–water partition coefficient (Wildman–Crippen LogP) is 4.48. The number of carbonyl (C=O) groups is 1. The Bertz CT molecular complexity index is 626. The highest BCUT2D eigenvalue weighted by atomic mass is 32.2. The summed E-state index contributed by atoms with van der Waals surface area (Å²) in [5.41, 5.74) is 3.21. The Morgan fingerprint density at radius 2 is 1.76 bits per heavy atom. The van der Waals surface area contributed by atoms with Crippen LogP contribution in [0.2, 0.25) is 0 Å². The maximum absolute atomic E-state index is 12.7. The summed E-state index contributed by atoms with van der Waals surface area (Å²) in [6, 6.07) is 18.2. The smallest absolute Gasteiger partial charge is 0.255 e. The lowest BCUT2D eigenvalue weighted by molar-refractivity contribution is 0.0761. The van der Waals surface area contributed by atoms with Gasteiger partial charge in [-0.3, -0.25) is 4.79 Å². The highest BCUT2D eigenvalue weighted by Crippen LogP contribution is 2.42. The molecule has 1 aliphatic heterocycles. The maximum atomic E-state index is 12.7. The summed E-state index contributed by atoms with van der Waals surface area (Å²) < 4.78 is 0. The Balaban J connectivity index is 1.89. The van der Waals surface area contributed by atoms with Gasteiger partial charge >= 0.3 is 0 Å². The summed E-state index contributed by atoms with van der Waals surface area (Å²) >= 11 is 1.86. The van der Waals surface area contributed by atoms with Crippen LogP contribution in [0.3, 0.4) is 0 Å². The first-order valence-corrected chi connectivity index (χ1v) is 8.41. The SMILES string of the molecule is CCCS[C@H]1c2ccccc2C(=O)N1Cc1ccccc1. The monoisotopic (exact) mass is 297 g/mol. The van der Waals surface area contributed by atoms with Gasteiger partial charge in [0.1, 0.15) is 5.37 Å². The summed E-state index contributed by atoms with van der Waals surface area (Å²) in [5.74, 6) is 1.22. The van der Waals surface area contributed by atoms with Gasteiger partial charge in [-0.05, 0) is 29.4 Å². The molecule has 0 N–H and O–H groups in total. The first-order valence-electron chi connectivity index (χ1n) is 7.36. The molecule has 3 rings (SSSR count). The van der Waals surface area contributed by atoms with Crippen LogP contribution < -0.4 is 0 Å². The average Bonchev–Trinajstić information content (AvgIpc) is 2.79. The van der Waals surface area contributed by atoms with E-state index in [0.29, 0.717) is 6.54 Å². The van der Waals surface area contributed by atoms with Crippen molar-refractivity contribution in [3.63, 3.8) is 0 Å². The van der Waals surface area contributed by atoms with E-state index in [2.05, 4.69) is 25.1 Å². The molecule has 0 unspecified atom stereocenters. The van der Waals surface area contributed by atoms with Crippen LogP contribution in [0, 0.1) is 0 Å². The molecule has 0 fully saturated rings. The molecule has 1 amide bonds. The van der Waals surface area contributed by atoms with E-state index in [9.17, 15) is 4.79 Å². The van der Waals surface area contributed by atoms with Crippen molar-refractivity contribution in [1.29, 1.82) is 0 Å². The molecule has 21 heavy (non-hydrogen) atoms. The molecule has 0 bridgehead atoms. The molecule has 0 aliphatic carbocycles. The number of thioether (sulfide) groups is 1. The summed E-state index contributed by atoms with van der Waals surface area (Å²) in [6.07, 6.45) is 1.12. The van der Waals surface area contributed by atoms with Crippen molar-refractivity contribution in [1.82, 2.24) is 4.90 Å². The van der Waals surface area contributed by atoms with Crippen LogP contribution in [0.4, 0.5) is 0 Å². The van der Waals surface area contributed by atoms with Gasteiger partial charge in [0.25, 0.3) is 5.91 Å². The van der Waals surface area contributed by atoms with E-state index in [1.54, 1.807) is 0 Å². The number of nitrogens with zero attached hydrogens (tertiary/aromatic N) is 1. The largest absolute Gasteiger partial charge is 0.318 e. The normalized spacial score (nSPS) is 17.1. The van der Waals surface area contributed by atoms with Gasteiger partial charge in [-0.25, -0.2) is 0 Å². The maximum Gasteiger partial charge on any atom is 0.255 e. The zero-order valence-corrected chi connectivity index (χ0v) is 13.0. The fraction of sp³-hybridized carbons (Fsp3) is 0.278. The molecule has 108 valence electrons. The van der Waals surface area contributed by atoms with Crippen LogP contribution in [0.1, 0.15) is 40.2 Å². The Labute approximate surface area is 130 Å². The number of amides is 1. The van der Waals surface area contributed by atoms with Crippen LogP contribution in [-0.4, -0.2) is 16.6 Å². The minimum absolute atomic E-state index is 0.147. The van der Waals surface area contributed by atoms with Gasteiger partial charge in [-0.1, -0.05) is 55.5 Å². The van der Waals surface area contributed by atoms with Gasteiger partial charge in [0, 0.05) is 12.1 Å². The lowest BCUT2D eigenvalue weighted by atomic mass is 10.1. The molecule has 3 heteroatoms. The second kappa shape index (κ2) is 6.35. The summed E-state index contributed by atoms with van der Waals surface area (Å²) in [6.45, 7) is 2.85. The van der Waals surface area contributed by atoms with Gasteiger partial charge < -0.3 is 4.90 Å². The molecular formula is C18H19NOS. The third-order valence-electron chi connectivity index (χ3n) is 3.68. The third kappa shape index (κ3) is 2.84. The molecule has 1 aliphatic rings. The Morgan fingerprint density at radius 3 is 2.52 bits per heavy atom. The molecular weight excluding hydrogens is 278 g/mol. The van der Waals surface area contributed by atoms with Gasteiger partial charge in [-0.2, -0.15) is 0 Å². The van der Waals surface area contributed by atoms with E-state index in [-0.39, 0.29) is 11.3 Å². The number of rotatable bonds is 5. The molecule has 0 spiro atoms. The van der Waals surface area contributed by atoms with Crippen LogP contribution >= 0.6 is 11.8 Å². The molecule has 1 atom stereocenters. The van der Waals surface area contributed by atoms with E-state index in [0.717, 1.165) is 23.3 Å². The van der Waals surface area contributed by atoms with E-state index in [4.69, 9.17) is 0 Å². The van der Waals surface area contributed by atoms with Crippen molar-refractivity contribution in [2.45, 2.75) is 25.3 Å². The lowest BCUT2D eigenvalue weighted by Gasteiger charge is -2.25. The zero-order chi connectivity index (χ0) is 14.7. The van der Waals surface area contributed by atoms with Gasteiger partial charge in [0.05, 0.1) is 0 Å². The highest BCUT2D eigenvalue weighted by molar-refractivity contribution is 7.99. The Kier molecular flexibility index (Phi) is 4.30. The molecule has 0 saturated carbocycles. The van der Waals surface area contributed by atoms with Crippen molar-refractivity contribution in [2.24, 2.45) is 0 Å². The topological polar surface area (TPSA) is 20.3 Å². The van der Waals surface area contributed by atoms with E-state index >= 15 is 0 Å². The van der Waals surface area contributed by atoms with Crippen molar-refractivity contribution >= 4 is 17.7 Å². The van der Waals surface area contributed by atoms with Crippen molar-refractivity contribution in [2.75, 3.05) is 5.75 Å². The minimum atomic E-state index is 0.147. The molecule has 1 heterocycles. The van der Waals surface area contributed by atoms with Crippen LogP contribution in [0.15, 0.2) is 54.6 Å². The second-order valence-corrected chi connectivity index (χ2v) is 6.42. The standard InChI is InChI=1S/C18H19NOS/c1-2-12-21-18-16-11-7-6-10-15(16)17(20)19(18)13-14-8-4-3-5-9-14/h3-11,18H,2,12-13H2,1H3/t18-/m0/s1. The molecule has 0 saturated heterocycles. The summed E-state index contributed by atoms with van der Waals surface area (Å²) in [7, 11) is 0. The van der Waals surface area contributed by atoms with Gasteiger partial charge in [0.2, 0.25) is 0 Å². The molecule has 2 nitrogen and oxygen atoms in total.